The summed E-state index contributed by atoms with van der Waals surface area (Å²) in [6, 6.07) is 14.3. The first-order valence-electron chi connectivity index (χ1n) is 6.73. The van der Waals surface area contributed by atoms with Gasteiger partial charge in [0.2, 0.25) is 0 Å². The first-order valence-corrected chi connectivity index (χ1v) is 7.89. The second-order valence-electron chi connectivity index (χ2n) is 4.87. The molecule has 0 unspecified atom stereocenters. The third-order valence-electron chi connectivity index (χ3n) is 3.15. The van der Waals surface area contributed by atoms with Gasteiger partial charge in [-0.25, -0.2) is 0 Å². The van der Waals surface area contributed by atoms with Gasteiger partial charge in [-0.2, -0.15) is 0 Å². The highest BCUT2D eigenvalue weighted by Crippen LogP contribution is 2.25. The molecule has 3 N–H and O–H groups in total. The molecule has 0 radical (unpaired) electrons. The second-order valence-corrected chi connectivity index (χ2v) is 6.12. The summed E-state index contributed by atoms with van der Waals surface area (Å²) >= 11 is 17.2. The Bertz CT molecular complexity index is 652. The Labute approximate surface area is 145 Å². The third kappa shape index (κ3) is 4.58. The predicted molar refractivity (Wildman–Crippen MR) is 96.7 cm³/mol. The van der Waals surface area contributed by atoms with E-state index >= 15 is 0 Å². The molecule has 0 heterocycles. The fourth-order valence-electron chi connectivity index (χ4n) is 1.97. The van der Waals surface area contributed by atoms with E-state index < -0.39 is 6.10 Å². The summed E-state index contributed by atoms with van der Waals surface area (Å²) in [4.78, 5) is 0. The minimum absolute atomic E-state index is 0.256. The minimum atomic E-state index is -0.665. The molecule has 0 fully saturated rings. The van der Waals surface area contributed by atoms with Gasteiger partial charge in [0.15, 0.2) is 5.11 Å². The van der Waals surface area contributed by atoms with Crippen molar-refractivity contribution < 1.29 is 5.11 Å². The van der Waals surface area contributed by atoms with Crippen molar-refractivity contribution in [3.8, 4) is 0 Å². The van der Waals surface area contributed by atoms with Crippen LogP contribution in [0, 0.1) is 0 Å². The standard InChI is InChI=1S/C16H16Cl2N2OS/c1-10(15(21)11-5-3-2-4-6-11)19-16(22)20-14-8-7-12(17)9-13(14)18/h2-10,15,21H,1H3,(H2,19,20,22)/t10-,15+/m1/s1. The zero-order valence-electron chi connectivity index (χ0n) is 11.9. The lowest BCUT2D eigenvalue weighted by Gasteiger charge is -2.22. The SMILES string of the molecule is C[C@@H](NC(=S)Nc1ccc(Cl)cc1Cl)[C@H](O)c1ccccc1. The van der Waals surface area contributed by atoms with Crippen LogP contribution in [0.3, 0.4) is 0 Å². The average molecular weight is 355 g/mol. The molecule has 0 aliphatic rings. The van der Waals surface area contributed by atoms with E-state index in [2.05, 4.69) is 10.6 Å². The summed E-state index contributed by atoms with van der Waals surface area (Å²) in [6.07, 6.45) is -0.665. The lowest BCUT2D eigenvalue weighted by atomic mass is 10.0. The molecule has 0 bridgehead atoms. The van der Waals surface area contributed by atoms with Crippen LogP contribution in [0.4, 0.5) is 5.69 Å². The fourth-order valence-corrected chi connectivity index (χ4v) is 2.73. The number of anilines is 1. The van der Waals surface area contributed by atoms with Crippen LogP contribution in [0.15, 0.2) is 48.5 Å². The van der Waals surface area contributed by atoms with Crippen LogP contribution in [0.2, 0.25) is 10.0 Å². The van der Waals surface area contributed by atoms with Gasteiger partial charge >= 0.3 is 0 Å². The average Bonchev–Trinajstić information content (AvgIpc) is 2.50. The molecule has 0 aliphatic heterocycles. The molecular formula is C16H16Cl2N2OS. The van der Waals surface area contributed by atoms with Gasteiger partial charge in [-0.1, -0.05) is 53.5 Å². The molecule has 0 saturated heterocycles. The number of nitrogens with one attached hydrogen (secondary N) is 2. The molecule has 22 heavy (non-hydrogen) atoms. The van der Waals surface area contributed by atoms with Gasteiger partial charge in [0.1, 0.15) is 0 Å². The molecular weight excluding hydrogens is 339 g/mol. The van der Waals surface area contributed by atoms with Crippen molar-refractivity contribution in [1.82, 2.24) is 5.32 Å². The predicted octanol–water partition coefficient (Wildman–Crippen LogP) is 4.40. The van der Waals surface area contributed by atoms with Gasteiger partial charge in [-0.05, 0) is 42.9 Å². The van der Waals surface area contributed by atoms with E-state index in [1.165, 1.54) is 0 Å². The van der Waals surface area contributed by atoms with E-state index in [1.807, 2.05) is 37.3 Å². The van der Waals surface area contributed by atoms with Crippen molar-refractivity contribution in [2.24, 2.45) is 0 Å². The quantitative estimate of drug-likeness (QED) is 0.712. The first-order chi connectivity index (χ1) is 10.5. The van der Waals surface area contributed by atoms with Crippen molar-refractivity contribution >= 4 is 46.2 Å². The van der Waals surface area contributed by atoms with E-state index in [4.69, 9.17) is 35.4 Å². The molecule has 0 aromatic heterocycles. The van der Waals surface area contributed by atoms with Crippen molar-refractivity contribution in [1.29, 1.82) is 0 Å². The Kier molecular flexibility index (Phi) is 6.03. The first kappa shape index (κ1) is 17.0. The van der Waals surface area contributed by atoms with Crippen LogP contribution in [0.5, 0.6) is 0 Å². The van der Waals surface area contributed by atoms with Crippen LogP contribution in [0.1, 0.15) is 18.6 Å². The van der Waals surface area contributed by atoms with E-state index in [0.29, 0.717) is 20.8 Å². The third-order valence-corrected chi connectivity index (χ3v) is 3.92. The molecule has 2 aromatic carbocycles. The van der Waals surface area contributed by atoms with Crippen LogP contribution in [0.25, 0.3) is 0 Å². The monoisotopic (exact) mass is 354 g/mol. The van der Waals surface area contributed by atoms with Gasteiger partial charge in [0, 0.05) is 5.02 Å². The maximum absolute atomic E-state index is 10.3. The second kappa shape index (κ2) is 7.79. The Morgan fingerprint density at radius 2 is 1.82 bits per heavy atom. The molecule has 0 amide bonds. The number of hydrogen-bond donors (Lipinski definition) is 3. The van der Waals surface area contributed by atoms with Gasteiger partial charge < -0.3 is 15.7 Å². The Balaban J connectivity index is 1.96. The number of benzene rings is 2. The van der Waals surface area contributed by atoms with E-state index in [1.54, 1.807) is 18.2 Å². The smallest absolute Gasteiger partial charge is 0.171 e. The lowest BCUT2D eigenvalue weighted by Crippen LogP contribution is -2.39. The summed E-state index contributed by atoms with van der Waals surface area (Å²) in [7, 11) is 0. The van der Waals surface area contributed by atoms with Crippen molar-refractivity contribution in [3.63, 3.8) is 0 Å². The van der Waals surface area contributed by atoms with Gasteiger partial charge in [-0.3, -0.25) is 0 Å². The van der Waals surface area contributed by atoms with E-state index in [0.717, 1.165) is 5.56 Å². The number of aliphatic hydroxyl groups is 1. The molecule has 0 saturated carbocycles. The van der Waals surface area contributed by atoms with E-state index in [-0.39, 0.29) is 6.04 Å². The van der Waals surface area contributed by atoms with Crippen LogP contribution >= 0.6 is 35.4 Å². The van der Waals surface area contributed by atoms with Gasteiger partial charge in [-0.15, -0.1) is 0 Å². The molecule has 6 heteroatoms. The van der Waals surface area contributed by atoms with Crippen molar-refractivity contribution in [3.05, 3.63) is 64.1 Å². The molecule has 116 valence electrons. The molecule has 2 atom stereocenters. The molecule has 2 aromatic rings. The van der Waals surface area contributed by atoms with E-state index in [9.17, 15) is 5.11 Å². The highest BCUT2D eigenvalue weighted by Gasteiger charge is 2.17. The number of hydrogen-bond acceptors (Lipinski definition) is 2. The Hall–Kier alpha value is -1.33. The number of aliphatic hydroxyl groups excluding tert-OH is 1. The maximum Gasteiger partial charge on any atom is 0.171 e. The van der Waals surface area contributed by atoms with Crippen molar-refractivity contribution in [2.45, 2.75) is 19.1 Å². The van der Waals surface area contributed by atoms with Crippen molar-refractivity contribution in [2.75, 3.05) is 5.32 Å². The topological polar surface area (TPSA) is 44.3 Å². The normalized spacial score (nSPS) is 13.3. The fraction of sp³-hybridized carbons (Fsp3) is 0.188. The van der Waals surface area contributed by atoms with Crippen LogP contribution in [-0.2, 0) is 0 Å². The van der Waals surface area contributed by atoms with Crippen LogP contribution in [-0.4, -0.2) is 16.3 Å². The molecule has 0 aliphatic carbocycles. The summed E-state index contributed by atoms with van der Waals surface area (Å²) in [5.41, 5.74) is 1.49. The minimum Gasteiger partial charge on any atom is -0.386 e. The summed E-state index contributed by atoms with van der Waals surface area (Å²) in [5.74, 6) is 0. The molecule has 2 rings (SSSR count). The zero-order valence-corrected chi connectivity index (χ0v) is 14.2. The summed E-state index contributed by atoms with van der Waals surface area (Å²) in [6.45, 7) is 1.86. The lowest BCUT2D eigenvalue weighted by molar-refractivity contribution is 0.145. The summed E-state index contributed by atoms with van der Waals surface area (Å²) < 4.78 is 0. The largest absolute Gasteiger partial charge is 0.386 e. The van der Waals surface area contributed by atoms with Crippen LogP contribution < -0.4 is 10.6 Å². The number of thiocarbonyl (C=S) groups is 1. The van der Waals surface area contributed by atoms with Gasteiger partial charge in [0.05, 0.1) is 22.9 Å². The highest BCUT2D eigenvalue weighted by molar-refractivity contribution is 7.80. The zero-order chi connectivity index (χ0) is 16.1. The number of rotatable bonds is 4. The summed E-state index contributed by atoms with van der Waals surface area (Å²) in [5, 5.41) is 17.8. The highest BCUT2D eigenvalue weighted by atomic mass is 35.5. The van der Waals surface area contributed by atoms with Gasteiger partial charge in [0.25, 0.3) is 0 Å². The Morgan fingerprint density at radius 1 is 1.14 bits per heavy atom. The molecule has 3 nitrogen and oxygen atoms in total. The molecule has 0 spiro atoms. The number of halogens is 2. The Morgan fingerprint density at radius 3 is 2.45 bits per heavy atom. The maximum atomic E-state index is 10.3.